The van der Waals surface area contributed by atoms with Crippen molar-refractivity contribution in [3.8, 4) is 0 Å². The summed E-state index contributed by atoms with van der Waals surface area (Å²) in [7, 11) is 2.67. The quantitative estimate of drug-likeness (QED) is 0.0700. The number of carbonyl (C=O) groups is 3. The molecule has 2 N–H and O–H groups in total. The van der Waals surface area contributed by atoms with Crippen molar-refractivity contribution in [3.05, 3.63) is 104 Å². The summed E-state index contributed by atoms with van der Waals surface area (Å²) in [5.41, 5.74) is 10.5. The van der Waals surface area contributed by atoms with Crippen LogP contribution in [-0.2, 0) is 28.6 Å². The van der Waals surface area contributed by atoms with E-state index in [1.165, 1.54) is 65.6 Å². The van der Waals surface area contributed by atoms with Gasteiger partial charge in [-0.05, 0) is 68.1 Å². The maximum atomic E-state index is 13.5. The molecule has 1 saturated heterocycles. The molecule has 326 valence electrons. The Bertz CT molecular complexity index is 2180. The lowest BCUT2D eigenvalue weighted by atomic mass is 9.84. The third-order valence-electron chi connectivity index (χ3n) is 12.9. The van der Waals surface area contributed by atoms with Gasteiger partial charge in [0.05, 0.1) is 48.4 Å². The molecule has 0 aromatic rings. The van der Waals surface area contributed by atoms with E-state index in [1.807, 2.05) is 39.0 Å². The van der Waals surface area contributed by atoms with Crippen molar-refractivity contribution in [2.24, 2.45) is 32.7 Å². The number of carbonyl (C=O) groups excluding carboxylic acids is 3. The number of unbranched alkanes of at least 4 members (excludes halogenated alkanes) is 10. The zero-order chi connectivity index (χ0) is 43.8. The Balaban J connectivity index is 1.35. The molecule has 61 heavy (non-hydrogen) atoms. The average Bonchev–Trinajstić information content (AvgIpc) is 4.01. The lowest BCUT2D eigenvalue weighted by Gasteiger charge is -2.20. The topological polar surface area (TPSA) is 148 Å². The number of ether oxygens (including phenoxy) is 3. The van der Waals surface area contributed by atoms with E-state index in [-0.39, 0.29) is 42.6 Å². The number of hydrogen-bond donors (Lipinski definition) is 2. The number of aliphatic hydroxyl groups is 1. The second-order valence-electron chi connectivity index (χ2n) is 16.8. The van der Waals surface area contributed by atoms with E-state index in [9.17, 15) is 19.5 Å². The highest BCUT2D eigenvalue weighted by Crippen LogP contribution is 2.49. The minimum Gasteiger partial charge on any atom is -0.510 e. The Morgan fingerprint density at radius 2 is 1.48 bits per heavy atom. The van der Waals surface area contributed by atoms with Crippen LogP contribution in [0.1, 0.15) is 131 Å². The van der Waals surface area contributed by atoms with Gasteiger partial charge >= 0.3 is 17.9 Å². The van der Waals surface area contributed by atoms with Gasteiger partial charge in [0, 0.05) is 58.4 Å². The van der Waals surface area contributed by atoms with Gasteiger partial charge in [-0.2, -0.15) is 0 Å². The Hall–Kier alpha value is -5.32. The van der Waals surface area contributed by atoms with Gasteiger partial charge in [-0.25, -0.2) is 15.0 Å². The number of aliphatic imine (C=N–C) groups is 3. The Morgan fingerprint density at radius 1 is 0.803 bits per heavy atom. The largest absolute Gasteiger partial charge is 0.510 e. The number of hydrogen-bond acceptors (Lipinski definition) is 11. The predicted molar refractivity (Wildman–Crippen MR) is 241 cm³/mol. The van der Waals surface area contributed by atoms with Crippen LogP contribution in [-0.4, -0.2) is 61.0 Å². The molecule has 1 aliphatic carbocycles. The fraction of sp³-hybridized carbons (Fsp3) is 0.520. The Morgan fingerprint density at radius 3 is 2.11 bits per heavy atom. The van der Waals surface area contributed by atoms with E-state index in [0.29, 0.717) is 70.2 Å². The highest BCUT2D eigenvalue weighted by Gasteiger charge is 2.49. The van der Waals surface area contributed by atoms with Crippen molar-refractivity contribution in [1.82, 2.24) is 5.32 Å². The highest BCUT2D eigenvalue weighted by atomic mass is 16.5. The summed E-state index contributed by atoms with van der Waals surface area (Å²) in [6.45, 7) is 14.4. The summed E-state index contributed by atoms with van der Waals surface area (Å²) in [5.74, 6) is -2.81. The molecule has 3 atom stereocenters. The smallest absolute Gasteiger partial charge is 0.321 e. The summed E-state index contributed by atoms with van der Waals surface area (Å²) >= 11 is 0. The van der Waals surface area contributed by atoms with Crippen LogP contribution in [0.15, 0.2) is 119 Å². The second kappa shape index (κ2) is 20.5. The van der Waals surface area contributed by atoms with Crippen LogP contribution in [0.25, 0.3) is 0 Å². The van der Waals surface area contributed by atoms with Gasteiger partial charge < -0.3 is 24.6 Å². The third kappa shape index (κ3) is 9.61. The van der Waals surface area contributed by atoms with Crippen LogP contribution in [0.5, 0.6) is 0 Å². The second-order valence-corrected chi connectivity index (χ2v) is 16.8. The van der Waals surface area contributed by atoms with E-state index in [0.717, 1.165) is 53.0 Å². The Kier molecular flexibility index (Phi) is 15.2. The monoisotopic (exact) mass is 832 g/mol. The third-order valence-corrected chi connectivity index (χ3v) is 12.9. The first-order valence-electron chi connectivity index (χ1n) is 22.4. The molecule has 0 spiro atoms. The van der Waals surface area contributed by atoms with Crippen molar-refractivity contribution in [3.63, 3.8) is 0 Å². The number of nitrogens with one attached hydrogen (secondary N) is 1. The number of fused-ring (bicyclic) bond motifs is 5. The van der Waals surface area contributed by atoms with Crippen LogP contribution in [0.3, 0.4) is 0 Å². The summed E-state index contributed by atoms with van der Waals surface area (Å²) in [6.07, 6.45) is 22.5. The standard InChI is InChI=1S/C50H64N4O7/c1-9-12-13-14-15-16-17-18-19-20-21-22-43(56)61-28-35-33(11-3)40-26-38-31(6)44-48(54-38)45(46(49(44)57)50(58)60-8)47-34(23-24-42(55)59-7)30(5)37(53-47)25-36-29(4)32(10-2)39(51-36)27-41(35)52-40/h10,25-27,30,34,46,53,57H,2,9,11-24,28H2,1,3-8H3/t30-,34-,46+/m0/s1. The number of nitrogens with zero attached hydrogens (tertiary/aromatic N) is 3. The highest BCUT2D eigenvalue weighted by molar-refractivity contribution is 6.24. The van der Waals surface area contributed by atoms with Crippen molar-refractivity contribution < 1.29 is 33.7 Å². The van der Waals surface area contributed by atoms with E-state index in [1.54, 1.807) is 6.08 Å². The molecule has 5 aliphatic heterocycles. The zero-order valence-electron chi connectivity index (χ0n) is 37.3. The van der Waals surface area contributed by atoms with Gasteiger partial charge in [0.25, 0.3) is 0 Å². The van der Waals surface area contributed by atoms with Crippen LogP contribution in [0.4, 0.5) is 0 Å². The first-order chi connectivity index (χ1) is 29.5. The zero-order valence-corrected chi connectivity index (χ0v) is 37.3. The van der Waals surface area contributed by atoms with E-state index in [4.69, 9.17) is 29.2 Å². The molecule has 11 heteroatoms. The molecule has 5 heterocycles. The predicted octanol–water partition coefficient (Wildman–Crippen LogP) is 10.4. The summed E-state index contributed by atoms with van der Waals surface area (Å²) < 4.78 is 16.3. The minimum absolute atomic E-state index is 0.0661. The molecule has 0 unspecified atom stereocenters. The van der Waals surface area contributed by atoms with Crippen LogP contribution < -0.4 is 5.32 Å². The van der Waals surface area contributed by atoms with Crippen molar-refractivity contribution in [2.45, 2.75) is 131 Å². The normalized spacial score (nSPS) is 21.7. The molecule has 1 fully saturated rings. The van der Waals surface area contributed by atoms with Crippen LogP contribution in [0, 0.1) is 17.8 Å². The van der Waals surface area contributed by atoms with Gasteiger partial charge in [-0.15, -0.1) is 0 Å². The van der Waals surface area contributed by atoms with Crippen molar-refractivity contribution in [2.75, 3.05) is 20.8 Å². The molecule has 6 aliphatic rings. The average molecular weight is 833 g/mol. The maximum absolute atomic E-state index is 13.5. The molecule has 0 aromatic carbocycles. The number of aliphatic hydroxyl groups excluding tert-OH is 1. The minimum atomic E-state index is -1.11. The summed E-state index contributed by atoms with van der Waals surface area (Å²) in [6, 6.07) is 0. The SMILES string of the molecule is C=CC1=C(C)C2=NC1=CC1=NC(=CC3=C(C)C4=C(O)[C@H](C(=O)OC)C(=C5NC(=C2)[C@@H](C)[C@@H]5CCC(=O)OC)C4=N3)C(CC)=C1COC(=O)CCCCCCCCCCCCC. The molecule has 0 amide bonds. The number of rotatable bonds is 20. The fourth-order valence-corrected chi connectivity index (χ4v) is 9.34. The lowest BCUT2D eigenvalue weighted by molar-refractivity contribution is -0.144. The van der Waals surface area contributed by atoms with Gasteiger partial charge in [0.15, 0.2) is 0 Å². The number of esters is 3. The summed E-state index contributed by atoms with van der Waals surface area (Å²) in [5, 5.41) is 15.5. The first kappa shape index (κ1) is 45.2. The number of methoxy groups -OCH3 is 2. The molecule has 0 radical (unpaired) electrons. The van der Waals surface area contributed by atoms with Crippen molar-refractivity contribution >= 4 is 35.0 Å². The first-order valence-corrected chi connectivity index (χ1v) is 22.4. The fourth-order valence-electron chi connectivity index (χ4n) is 9.34. The van der Waals surface area contributed by atoms with Gasteiger partial charge in [-0.1, -0.05) is 97.6 Å². The lowest BCUT2D eigenvalue weighted by Crippen LogP contribution is -2.25. The van der Waals surface area contributed by atoms with Gasteiger partial charge in [0.2, 0.25) is 0 Å². The van der Waals surface area contributed by atoms with E-state index in [2.05, 4.69) is 25.7 Å². The molecular weight excluding hydrogens is 769 g/mol. The molecule has 8 bridgehead atoms. The van der Waals surface area contributed by atoms with E-state index >= 15 is 0 Å². The molecule has 0 aromatic heterocycles. The molecular formula is C50H64N4O7. The molecule has 6 rings (SSSR count). The van der Waals surface area contributed by atoms with Gasteiger partial charge in [0.1, 0.15) is 18.3 Å². The van der Waals surface area contributed by atoms with E-state index < -0.39 is 11.9 Å². The summed E-state index contributed by atoms with van der Waals surface area (Å²) in [4.78, 5) is 54.6. The van der Waals surface area contributed by atoms with Crippen LogP contribution >= 0.6 is 0 Å². The Labute approximate surface area is 361 Å². The maximum Gasteiger partial charge on any atom is 0.321 e. The molecule has 0 saturated carbocycles. The number of allylic oxidation sites excluding steroid dienone is 10. The van der Waals surface area contributed by atoms with Gasteiger partial charge in [-0.3, -0.25) is 14.4 Å². The molecule has 11 nitrogen and oxygen atoms in total. The van der Waals surface area contributed by atoms with Crippen molar-refractivity contribution in [1.29, 1.82) is 0 Å². The van der Waals surface area contributed by atoms with Crippen LogP contribution in [0.2, 0.25) is 0 Å².